The van der Waals surface area contributed by atoms with Crippen molar-refractivity contribution in [1.82, 2.24) is 10.6 Å². The smallest absolute Gasteiger partial charge is 0.222 e. The maximum absolute atomic E-state index is 11.1. The molecule has 0 atom stereocenters. The Kier molecular flexibility index (Phi) is 19.0. The fourth-order valence-electron chi connectivity index (χ4n) is 2.63. The van der Waals surface area contributed by atoms with Gasteiger partial charge >= 0.3 is 0 Å². The van der Waals surface area contributed by atoms with E-state index < -0.39 is 0 Å². The number of aliphatic hydroxyl groups excluding tert-OH is 1. The second-order valence-corrected chi connectivity index (χ2v) is 6.28. The van der Waals surface area contributed by atoms with E-state index >= 15 is 0 Å². The number of ketones is 1. The summed E-state index contributed by atoms with van der Waals surface area (Å²) >= 11 is 0. The number of Topliss-reactive ketones (excluding diaryl/α,β-unsaturated/α-hetero) is 1. The van der Waals surface area contributed by atoms with Crippen LogP contribution >= 0.6 is 0 Å². The number of amides is 2. The zero-order valence-corrected chi connectivity index (χ0v) is 17.0. The van der Waals surface area contributed by atoms with Crippen molar-refractivity contribution in [3.8, 4) is 0 Å². The molecule has 1 saturated carbocycles. The van der Waals surface area contributed by atoms with Crippen molar-refractivity contribution in [3.05, 3.63) is 0 Å². The first-order chi connectivity index (χ1) is 11.6. The number of hydrogen-bond donors (Lipinski definition) is 3. The van der Waals surface area contributed by atoms with Crippen LogP contribution in [0.25, 0.3) is 0 Å². The number of unbranched alkanes of at least 4 members (excludes halogenated alkanes) is 1. The summed E-state index contributed by atoms with van der Waals surface area (Å²) in [7, 11) is 0. The molecule has 0 heterocycles. The predicted octanol–water partition coefficient (Wildman–Crippen LogP) is 1.94. The first-order valence-corrected chi connectivity index (χ1v) is 9.16. The molecule has 25 heavy (non-hydrogen) atoms. The molecule has 0 spiro atoms. The van der Waals surface area contributed by atoms with Gasteiger partial charge in [0.15, 0.2) is 0 Å². The quantitative estimate of drug-likeness (QED) is 0.495. The Labute approximate surface area is 163 Å². The second-order valence-electron chi connectivity index (χ2n) is 6.28. The summed E-state index contributed by atoms with van der Waals surface area (Å²) in [6.07, 6.45) is 8.66. The van der Waals surface area contributed by atoms with Crippen LogP contribution in [0.2, 0.25) is 0 Å². The summed E-state index contributed by atoms with van der Waals surface area (Å²) < 4.78 is 0. The number of nitrogens with one attached hydrogen (secondary N) is 2. The van der Waals surface area contributed by atoms with Gasteiger partial charge in [0.25, 0.3) is 0 Å². The minimum atomic E-state index is -0.0954. The van der Waals surface area contributed by atoms with Crippen LogP contribution in [0.5, 0.6) is 0 Å². The molecule has 2 amide bonds. The fourth-order valence-corrected chi connectivity index (χ4v) is 2.63. The van der Waals surface area contributed by atoms with Gasteiger partial charge in [0.2, 0.25) is 12.3 Å². The van der Waals surface area contributed by atoms with E-state index in [9.17, 15) is 14.4 Å². The van der Waals surface area contributed by atoms with E-state index in [1.54, 1.807) is 0 Å². The maximum Gasteiger partial charge on any atom is 0.222 e. The minimum absolute atomic E-state index is 0. The van der Waals surface area contributed by atoms with E-state index in [0.29, 0.717) is 30.7 Å². The van der Waals surface area contributed by atoms with Crippen LogP contribution < -0.4 is 10.6 Å². The molecule has 0 aromatic rings. The third kappa shape index (κ3) is 15.1. The van der Waals surface area contributed by atoms with Gasteiger partial charge in [-0.1, -0.05) is 20.3 Å². The molecule has 1 rings (SSSR count). The van der Waals surface area contributed by atoms with Crippen molar-refractivity contribution >= 4 is 18.1 Å². The molecule has 1 aliphatic rings. The number of hydrogen-bond acceptors (Lipinski definition) is 4. The Morgan fingerprint density at radius 1 is 1.12 bits per heavy atom. The molecule has 0 aromatic heterocycles. The molecule has 6 nitrogen and oxygen atoms in total. The van der Waals surface area contributed by atoms with Gasteiger partial charge in [-0.05, 0) is 38.0 Å². The van der Waals surface area contributed by atoms with Crippen LogP contribution in [0.1, 0.15) is 71.6 Å². The van der Waals surface area contributed by atoms with Gasteiger partial charge in [-0.3, -0.25) is 14.4 Å². The van der Waals surface area contributed by atoms with E-state index in [1.807, 2.05) is 6.92 Å². The van der Waals surface area contributed by atoms with Crippen LogP contribution in [0.4, 0.5) is 0 Å². The second kappa shape index (κ2) is 18.0. The SMILES string of the molecule is CCCCC(=O)CC.O=CNC1CCC(CNC(=O)CCO)CC1.[V]. The molecule has 7 heteroatoms. The van der Waals surface area contributed by atoms with Gasteiger partial charge in [0.1, 0.15) is 5.78 Å². The van der Waals surface area contributed by atoms with Crippen LogP contribution in [-0.2, 0) is 32.9 Å². The summed E-state index contributed by atoms with van der Waals surface area (Å²) in [6, 6.07) is 0.307. The van der Waals surface area contributed by atoms with Crippen LogP contribution in [-0.4, -0.2) is 42.4 Å². The third-order valence-electron chi connectivity index (χ3n) is 4.28. The van der Waals surface area contributed by atoms with Crippen molar-refractivity contribution in [1.29, 1.82) is 0 Å². The molecule has 0 unspecified atom stereocenters. The van der Waals surface area contributed by atoms with Crippen molar-refractivity contribution < 1.29 is 38.0 Å². The zero-order valence-electron chi connectivity index (χ0n) is 15.6. The average molecular weight is 393 g/mol. The summed E-state index contributed by atoms with van der Waals surface area (Å²) in [4.78, 5) is 31.9. The van der Waals surface area contributed by atoms with E-state index in [2.05, 4.69) is 17.6 Å². The van der Waals surface area contributed by atoms with Crippen molar-refractivity contribution in [2.45, 2.75) is 77.7 Å². The average Bonchev–Trinajstić information content (AvgIpc) is 2.60. The Hall–Kier alpha value is -0.846. The Balaban J connectivity index is 0. The van der Waals surface area contributed by atoms with E-state index in [-0.39, 0.29) is 37.5 Å². The van der Waals surface area contributed by atoms with E-state index in [4.69, 9.17) is 5.11 Å². The third-order valence-corrected chi connectivity index (χ3v) is 4.28. The first kappa shape index (κ1) is 26.4. The monoisotopic (exact) mass is 393 g/mol. The molecule has 1 fully saturated rings. The van der Waals surface area contributed by atoms with E-state index in [0.717, 1.165) is 51.4 Å². The van der Waals surface area contributed by atoms with Gasteiger partial charge < -0.3 is 15.7 Å². The molecule has 0 saturated heterocycles. The first-order valence-electron chi connectivity index (χ1n) is 9.16. The van der Waals surface area contributed by atoms with Crippen molar-refractivity contribution in [2.24, 2.45) is 5.92 Å². The van der Waals surface area contributed by atoms with Gasteiger partial charge in [-0.2, -0.15) is 0 Å². The molecule has 1 aliphatic carbocycles. The Morgan fingerprint density at radius 3 is 2.24 bits per heavy atom. The molecule has 0 aromatic carbocycles. The van der Waals surface area contributed by atoms with Crippen LogP contribution in [0.3, 0.4) is 0 Å². The molecular formula is C18H34N2O4V. The number of carbonyl (C=O) groups is 3. The maximum atomic E-state index is 11.1. The van der Waals surface area contributed by atoms with Crippen LogP contribution in [0, 0.1) is 5.92 Å². The van der Waals surface area contributed by atoms with Crippen LogP contribution in [0.15, 0.2) is 0 Å². The standard InChI is InChI=1S/C11H20N2O3.C7H14O.V/c14-6-5-11(16)12-7-9-1-3-10(4-2-9)13-8-15;1-3-5-6-7(8)4-2;/h8-10,14H,1-7H2,(H,12,16)(H,13,15);3-6H2,1-2H3;. The number of aliphatic hydroxyl groups is 1. The van der Waals surface area contributed by atoms with Gasteiger partial charge in [0, 0.05) is 50.4 Å². The molecule has 3 N–H and O–H groups in total. The van der Waals surface area contributed by atoms with Gasteiger partial charge in [-0.25, -0.2) is 0 Å². The summed E-state index contributed by atoms with van der Waals surface area (Å²) in [5.74, 6) is 0.815. The topological polar surface area (TPSA) is 95.5 Å². The van der Waals surface area contributed by atoms with Gasteiger partial charge in [-0.15, -0.1) is 0 Å². The summed E-state index contributed by atoms with van der Waals surface area (Å²) in [6.45, 7) is 4.61. The molecule has 0 bridgehead atoms. The minimum Gasteiger partial charge on any atom is -0.396 e. The molecule has 1 radical (unpaired) electrons. The molecule has 0 aliphatic heterocycles. The predicted molar refractivity (Wildman–Crippen MR) is 94.5 cm³/mol. The zero-order chi connectivity index (χ0) is 18.2. The Bertz CT molecular complexity index is 359. The summed E-state index contributed by atoms with van der Waals surface area (Å²) in [5, 5.41) is 14.2. The molecular weight excluding hydrogens is 359 g/mol. The van der Waals surface area contributed by atoms with E-state index in [1.165, 1.54) is 0 Å². The number of carbonyl (C=O) groups excluding carboxylic acids is 3. The van der Waals surface area contributed by atoms with Crippen molar-refractivity contribution in [3.63, 3.8) is 0 Å². The fraction of sp³-hybridized carbons (Fsp3) is 0.833. The van der Waals surface area contributed by atoms with Gasteiger partial charge in [0.05, 0.1) is 6.61 Å². The molecule has 145 valence electrons. The Morgan fingerprint density at radius 2 is 1.76 bits per heavy atom. The summed E-state index contributed by atoms with van der Waals surface area (Å²) in [5.41, 5.74) is 0. The number of rotatable bonds is 10. The largest absolute Gasteiger partial charge is 0.396 e. The van der Waals surface area contributed by atoms with Crippen molar-refractivity contribution in [2.75, 3.05) is 13.2 Å². The normalized spacial score (nSPS) is 18.8.